The molecule has 1 aromatic rings. The molecule has 134 valence electrons. The number of rotatable bonds is 6. The molecule has 0 fully saturated rings. The van der Waals surface area contributed by atoms with E-state index in [1.807, 2.05) is 13.8 Å². The maximum atomic E-state index is 12.9. The summed E-state index contributed by atoms with van der Waals surface area (Å²) < 4.78 is 8.22. The van der Waals surface area contributed by atoms with E-state index in [2.05, 4.69) is 15.9 Å². The minimum absolute atomic E-state index is 0.220. The van der Waals surface area contributed by atoms with Crippen molar-refractivity contribution in [1.29, 1.82) is 0 Å². The highest BCUT2D eigenvalue weighted by Gasteiger charge is 2.43. The molecule has 0 aliphatic carbocycles. The van der Waals surface area contributed by atoms with Crippen molar-refractivity contribution in [3.63, 3.8) is 0 Å². The van der Waals surface area contributed by atoms with Crippen LogP contribution >= 0.6 is 27.7 Å². The number of ether oxygens (including phenoxy) is 1. The monoisotopic (exact) mass is 418 g/mol. The smallest absolute Gasteiger partial charge is 0.331 e. The molecule has 0 N–H and O–H groups in total. The molecule has 1 aliphatic rings. The fraction of sp³-hybridized carbons (Fsp3) is 0.688. The van der Waals surface area contributed by atoms with Crippen LogP contribution in [0.3, 0.4) is 0 Å². The van der Waals surface area contributed by atoms with Crippen LogP contribution in [0.15, 0.2) is 14.6 Å². The van der Waals surface area contributed by atoms with Gasteiger partial charge >= 0.3 is 11.7 Å². The van der Waals surface area contributed by atoms with Gasteiger partial charge in [0.25, 0.3) is 5.56 Å². The van der Waals surface area contributed by atoms with Crippen molar-refractivity contribution < 1.29 is 9.53 Å². The Morgan fingerprint density at radius 1 is 1.29 bits per heavy atom. The van der Waals surface area contributed by atoms with E-state index in [-0.39, 0.29) is 29.2 Å². The summed E-state index contributed by atoms with van der Waals surface area (Å²) in [5.41, 5.74) is -0.0300. The molecule has 0 saturated heterocycles. The highest BCUT2D eigenvalue weighted by Crippen LogP contribution is 2.44. The number of thioether (sulfide) groups is 1. The number of halogens is 1. The Bertz CT molecular complexity index is 741. The number of carbonyl (C=O) groups excluding carboxylic acids is 1. The molecule has 0 bridgehead atoms. The van der Waals surface area contributed by atoms with Crippen molar-refractivity contribution in [3.8, 4) is 0 Å². The fourth-order valence-electron chi connectivity index (χ4n) is 2.87. The minimum atomic E-state index is -0.510. The van der Waals surface area contributed by atoms with Crippen LogP contribution in [-0.4, -0.2) is 31.8 Å². The predicted octanol–water partition coefficient (Wildman–Crippen LogP) is 2.34. The molecule has 2 unspecified atom stereocenters. The summed E-state index contributed by atoms with van der Waals surface area (Å²) in [6.07, 6.45) is 0.477. The number of alkyl halides is 1. The third-order valence-corrected chi connectivity index (χ3v) is 6.04. The van der Waals surface area contributed by atoms with Gasteiger partial charge in [-0.15, -0.1) is 0 Å². The summed E-state index contributed by atoms with van der Waals surface area (Å²) in [6, 6.07) is 0. The Morgan fingerprint density at radius 2 is 1.96 bits per heavy atom. The number of aromatic nitrogens is 2. The van der Waals surface area contributed by atoms with E-state index < -0.39 is 5.25 Å². The fourth-order valence-corrected chi connectivity index (χ4v) is 5.30. The summed E-state index contributed by atoms with van der Waals surface area (Å²) in [5.74, 6) is -0.641. The first-order valence-electron chi connectivity index (χ1n) is 8.17. The molecule has 0 amide bonds. The standard InChI is InChI=1S/C16H23BrN2O4S/c1-5-7-19-13(20)11-10(8-17)12(15(21)23-9(3)4)24-14(11)18(6-2)16(19)22/h9-10,12H,5-8H2,1-4H3. The van der Waals surface area contributed by atoms with Crippen LogP contribution in [0.5, 0.6) is 0 Å². The van der Waals surface area contributed by atoms with Gasteiger partial charge in [-0.05, 0) is 27.2 Å². The molecule has 6 nitrogen and oxygen atoms in total. The lowest BCUT2D eigenvalue weighted by Crippen LogP contribution is -2.42. The number of esters is 1. The molecule has 0 spiro atoms. The van der Waals surface area contributed by atoms with Crippen molar-refractivity contribution >= 4 is 33.7 Å². The normalized spacial score (nSPS) is 19.6. The lowest BCUT2D eigenvalue weighted by Gasteiger charge is -2.17. The zero-order valence-corrected chi connectivity index (χ0v) is 16.8. The highest BCUT2D eigenvalue weighted by molar-refractivity contribution is 9.09. The van der Waals surface area contributed by atoms with Crippen molar-refractivity contribution in [1.82, 2.24) is 9.13 Å². The Hall–Kier alpha value is -1.02. The third kappa shape index (κ3) is 3.35. The zero-order valence-electron chi connectivity index (χ0n) is 14.4. The third-order valence-electron chi connectivity index (χ3n) is 3.90. The molecule has 2 rings (SSSR count). The second-order valence-electron chi connectivity index (χ2n) is 5.99. The van der Waals surface area contributed by atoms with Crippen LogP contribution in [0, 0.1) is 0 Å². The number of hydrogen-bond acceptors (Lipinski definition) is 5. The van der Waals surface area contributed by atoms with E-state index in [0.29, 0.717) is 35.4 Å². The van der Waals surface area contributed by atoms with Gasteiger partial charge < -0.3 is 4.74 Å². The summed E-state index contributed by atoms with van der Waals surface area (Å²) in [5, 5.41) is 0.563. The average molecular weight is 419 g/mol. The molecule has 0 saturated carbocycles. The summed E-state index contributed by atoms with van der Waals surface area (Å²) >= 11 is 4.70. The van der Waals surface area contributed by atoms with Gasteiger partial charge in [0, 0.05) is 24.3 Å². The minimum Gasteiger partial charge on any atom is -0.462 e. The maximum Gasteiger partial charge on any atom is 0.331 e. The van der Waals surface area contributed by atoms with Crippen molar-refractivity contribution in [2.45, 2.75) is 69.5 Å². The van der Waals surface area contributed by atoms with Crippen LogP contribution in [0.4, 0.5) is 0 Å². The van der Waals surface area contributed by atoms with Gasteiger partial charge in [-0.25, -0.2) is 4.79 Å². The predicted molar refractivity (Wildman–Crippen MR) is 98.3 cm³/mol. The van der Waals surface area contributed by atoms with E-state index in [1.165, 1.54) is 16.3 Å². The molecule has 2 atom stereocenters. The van der Waals surface area contributed by atoms with Gasteiger partial charge in [0.2, 0.25) is 0 Å². The average Bonchev–Trinajstić information content (AvgIpc) is 2.91. The zero-order chi connectivity index (χ0) is 18.0. The van der Waals surface area contributed by atoms with Crippen LogP contribution in [0.25, 0.3) is 0 Å². The van der Waals surface area contributed by atoms with Crippen molar-refractivity contribution in [2.24, 2.45) is 0 Å². The first-order valence-corrected chi connectivity index (χ1v) is 10.2. The van der Waals surface area contributed by atoms with Gasteiger partial charge in [-0.1, -0.05) is 34.6 Å². The molecule has 2 heterocycles. The molecular weight excluding hydrogens is 396 g/mol. The van der Waals surface area contributed by atoms with Crippen LogP contribution in [-0.2, 0) is 22.6 Å². The molecule has 8 heteroatoms. The Kier molecular flexibility index (Phi) is 6.36. The summed E-state index contributed by atoms with van der Waals surface area (Å²) in [6.45, 7) is 8.22. The number of hydrogen-bond donors (Lipinski definition) is 0. The molecule has 1 aliphatic heterocycles. The van der Waals surface area contributed by atoms with Crippen LogP contribution in [0.2, 0.25) is 0 Å². The van der Waals surface area contributed by atoms with E-state index in [1.54, 1.807) is 18.4 Å². The van der Waals surface area contributed by atoms with Gasteiger partial charge in [0.05, 0.1) is 16.7 Å². The lowest BCUT2D eigenvalue weighted by atomic mass is 10.00. The SMILES string of the molecule is CCCn1c(=O)c2c(n(CC)c1=O)SC(C(=O)OC(C)C)C2CBr. The topological polar surface area (TPSA) is 70.3 Å². The van der Waals surface area contributed by atoms with Gasteiger partial charge in [0.15, 0.2) is 0 Å². The Morgan fingerprint density at radius 3 is 2.46 bits per heavy atom. The second-order valence-corrected chi connectivity index (χ2v) is 7.77. The van der Waals surface area contributed by atoms with Gasteiger partial charge in [-0.2, -0.15) is 0 Å². The summed E-state index contributed by atoms with van der Waals surface area (Å²) in [7, 11) is 0. The van der Waals surface area contributed by atoms with Crippen molar-refractivity contribution in [3.05, 3.63) is 26.4 Å². The van der Waals surface area contributed by atoms with E-state index in [4.69, 9.17) is 4.74 Å². The lowest BCUT2D eigenvalue weighted by molar-refractivity contribution is -0.146. The molecule has 0 radical (unpaired) electrons. The number of carbonyl (C=O) groups is 1. The van der Waals surface area contributed by atoms with Crippen LogP contribution in [0.1, 0.15) is 45.6 Å². The number of nitrogens with zero attached hydrogens (tertiary/aromatic N) is 2. The maximum absolute atomic E-state index is 12.9. The Balaban J connectivity index is 2.60. The first kappa shape index (κ1) is 19.3. The van der Waals surface area contributed by atoms with E-state index in [9.17, 15) is 14.4 Å². The Labute approximate surface area is 153 Å². The number of fused-ring (bicyclic) bond motifs is 1. The van der Waals surface area contributed by atoms with Gasteiger partial charge in [-0.3, -0.25) is 18.7 Å². The first-order chi connectivity index (χ1) is 11.4. The van der Waals surface area contributed by atoms with Crippen molar-refractivity contribution in [2.75, 3.05) is 5.33 Å². The second kappa shape index (κ2) is 7.91. The molecule has 0 aromatic carbocycles. The molecular formula is C16H23BrN2O4S. The molecule has 1 aromatic heterocycles. The highest BCUT2D eigenvalue weighted by atomic mass is 79.9. The van der Waals surface area contributed by atoms with Gasteiger partial charge in [0.1, 0.15) is 5.25 Å². The largest absolute Gasteiger partial charge is 0.462 e. The molecule has 24 heavy (non-hydrogen) atoms. The quantitative estimate of drug-likeness (QED) is 0.402. The van der Waals surface area contributed by atoms with Crippen LogP contribution < -0.4 is 11.2 Å². The van der Waals surface area contributed by atoms with E-state index in [0.717, 1.165) is 0 Å². The van der Waals surface area contributed by atoms with E-state index >= 15 is 0 Å². The summed E-state index contributed by atoms with van der Waals surface area (Å²) in [4.78, 5) is 37.9.